The van der Waals surface area contributed by atoms with Crippen LogP contribution >= 0.6 is 15.9 Å². The van der Waals surface area contributed by atoms with Crippen molar-refractivity contribution in [3.63, 3.8) is 0 Å². The Morgan fingerprint density at radius 1 is 1.21 bits per heavy atom. The zero-order chi connectivity index (χ0) is 13.5. The molecule has 1 N–H and O–H groups in total. The number of allylic oxidation sites excluding steroid dienone is 1. The number of nitrogens with one attached hydrogen (secondary N) is 1. The average Bonchev–Trinajstić information content (AvgIpc) is 2.36. The van der Waals surface area contributed by atoms with Gasteiger partial charge in [-0.1, -0.05) is 52.6 Å². The van der Waals surface area contributed by atoms with E-state index in [4.69, 9.17) is 0 Å². The highest BCUT2D eigenvalue weighted by Crippen LogP contribution is 2.22. The van der Waals surface area contributed by atoms with E-state index >= 15 is 0 Å². The van der Waals surface area contributed by atoms with Crippen molar-refractivity contribution in [2.24, 2.45) is 0 Å². The van der Waals surface area contributed by atoms with Gasteiger partial charge in [0.15, 0.2) is 0 Å². The van der Waals surface area contributed by atoms with Gasteiger partial charge in [0.1, 0.15) is 0 Å². The molecule has 0 heterocycles. The lowest BCUT2D eigenvalue weighted by molar-refractivity contribution is 0.557. The Labute approximate surface area is 125 Å². The Kier molecular flexibility index (Phi) is 6.12. The molecular weight excluding hydrogens is 298 g/mol. The van der Waals surface area contributed by atoms with Gasteiger partial charge in [-0.2, -0.15) is 0 Å². The molecule has 0 saturated heterocycles. The van der Waals surface area contributed by atoms with Crippen LogP contribution < -0.4 is 5.32 Å². The Morgan fingerprint density at radius 2 is 2.05 bits per heavy atom. The molecule has 2 rings (SSSR count). The molecule has 2 heteroatoms. The van der Waals surface area contributed by atoms with Crippen LogP contribution in [0.3, 0.4) is 0 Å². The first kappa shape index (κ1) is 14.8. The molecule has 0 aromatic heterocycles. The van der Waals surface area contributed by atoms with Crippen molar-refractivity contribution in [2.45, 2.75) is 51.0 Å². The zero-order valence-corrected chi connectivity index (χ0v) is 13.4. The molecule has 1 aromatic carbocycles. The van der Waals surface area contributed by atoms with Gasteiger partial charge in [-0.3, -0.25) is 0 Å². The van der Waals surface area contributed by atoms with Gasteiger partial charge in [0.2, 0.25) is 0 Å². The highest BCUT2D eigenvalue weighted by atomic mass is 79.9. The summed E-state index contributed by atoms with van der Waals surface area (Å²) in [6.07, 6.45) is 11.6. The van der Waals surface area contributed by atoms with Crippen molar-refractivity contribution in [3.05, 3.63) is 46.0 Å². The maximum atomic E-state index is 3.56. The van der Waals surface area contributed by atoms with Gasteiger partial charge in [-0.05, 0) is 56.8 Å². The molecule has 1 atom stereocenters. The van der Waals surface area contributed by atoms with Crippen LogP contribution in [-0.2, 0) is 6.42 Å². The lowest BCUT2D eigenvalue weighted by Gasteiger charge is -2.22. The van der Waals surface area contributed by atoms with E-state index in [0.29, 0.717) is 6.04 Å². The molecule has 0 fully saturated rings. The molecule has 0 saturated carbocycles. The maximum absolute atomic E-state index is 3.56. The summed E-state index contributed by atoms with van der Waals surface area (Å²) >= 11 is 3.56. The highest BCUT2D eigenvalue weighted by Gasteiger charge is 2.14. The van der Waals surface area contributed by atoms with Crippen LogP contribution in [0.2, 0.25) is 0 Å². The smallest absolute Gasteiger partial charge is 0.0317 e. The van der Waals surface area contributed by atoms with Crippen LogP contribution in [0.5, 0.6) is 0 Å². The Morgan fingerprint density at radius 3 is 2.84 bits per heavy atom. The van der Waals surface area contributed by atoms with E-state index in [1.807, 2.05) is 0 Å². The van der Waals surface area contributed by atoms with Gasteiger partial charge in [0.25, 0.3) is 0 Å². The van der Waals surface area contributed by atoms with Crippen LogP contribution in [0.15, 0.2) is 40.4 Å². The molecule has 0 aliphatic heterocycles. The van der Waals surface area contributed by atoms with Gasteiger partial charge in [0, 0.05) is 10.5 Å². The second-order valence-corrected chi connectivity index (χ2v) is 6.32. The van der Waals surface area contributed by atoms with Crippen molar-refractivity contribution in [2.75, 3.05) is 7.05 Å². The van der Waals surface area contributed by atoms with E-state index in [-0.39, 0.29) is 0 Å². The molecular formula is C17H24BrN. The van der Waals surface area contributed by atoms with Crippen molar-refractivity contribution in [1.29, 1.82) is 0 Å². The molecule has 1 aliphatic rings. The van der Waals surface area contributed by atoms with E-state index in [1.165, 1.54) is 48.6 Å². The lowest BCUT2D eigenvalue weighted by Crippen LogP contribution is -2.30. The summed E-state index contributed by atoms with van der Waals surface area (Å²) in [5.41, 5.74) is 3.01. The Hall–Kier alpha value is -0.600. The van der Waals surface area contributed by atoms with E-state index in [1.54, 1.807) is 5.57 Å². The summed E-state index contributed by atoms with van der Waals surface area (Å²) in [5, 5.41) is 3.50. The van der Waals surface area contributed by atoms with Crippen LogP contribution in [0, 0.1) is 0 Å². The van der Waals surface area contributed by atoms with E-state index in [0.717, 1.165) is 6.42 Å². The van der Waals surface area contributed by atoms with E-state index < -0.39 is 0 Å². The van der Waals surface area contributed by atoms with Gasteiger partial charge in [-0.15, -0.1) is 0 Å². The average molecular weight is 322 g/mol. The number of benzene rings is 1. The normalized spacial score (nSPS) is 21.1. The van der Waals surface area contributed by atoms with Crippen molar-refractivity contribution in [3.8, 4) is 0 Å². The molecule has 104 valence electrons. The minimum absolute atomic E-state index is 0.493. The monoisotopic (exact) mass is 321 g/mol. The van der Waals surface area contributed by atoms with Gasteiger partial charge in [0.05, 0.1) is 0 Å². The molecule has 19 heavy (non-hydrogen) atoms. The molecule has 0 amide bonds. The largest absolute Gasteiger partial charge is 0.313 e. The van der Waals surface area contributed by atoms with Gasteiger partial charge in [-0.25, -0.2) is 0 Å². The Balaban J connectivity index is 2.06. The summed E-state index contributed by atoms with van der Waals surface area (Å²) in [4.78, 5) is 0. The fraction of sp³-hybridized carbons (Fsp3) is 0.529. The molecule has 1 nitrogen and oxygen atoms in total. The second-order valence-electron chi connectivity index (χ2n) is 5.41. The van der Waals surface area contributed by atoms with Crippen LogP contribution in [0.4, 0.5) is 0 Å². The summed E-state index contributed by atoms with van der Waals surface area (Å²) in [6, 6.07) is 9.16. The lowest BCUT2D eigenvalue weighted by atomic mass is 9.91. The molecule has 0 bridgehead atoms. The third kappa shape index (κ3) is 4.77. The van der Waals surface area contributed by atoms with Crippen molar-refractivity contribution >= 4 is 15.9 Å². The van der Waals surface area contributed by atoms with Crippen LogP contribution in [0.25, 0.3) is 0 Å². The second kappa shape index (κ2) is 7.86. The summed E-state index contributed by atoms with van der Waals surface area (Å²) in [6.45, 7) is 0. The van der Waals surface area contributed by atoms with E-state index in [2.05, 4.69) is 58.6 Å². The number of likely N-dealkylation sites (N-methyl/N-ethyl adjacent to an activating group) is 1. The van der Waals surface area contributed by atoms with Crippen LogP contribution in [0.1, 0.15) is 44.1 Å². The summed E-state index contributed by atoms with van der Waals surface area (Å²) in [7, 11) is 2.09. The summed E-state index contributed by atoms with van der Waals surface area (Å²) in [5.74, 6) is 0. The molecule has 1 unspecified atom stereocenters. The first-order valence-electron chi connectivity index (χ1n) is 7.40. The minimum Gasteiger partial charge on any atom is -0.313 e. The third-order valence-electron chi connectivity index (χ3n) is 3.95. The number of hydrogen-bond donors (Lipinski definition) is 1. The summed E-state index contributed by atoms with van der Waals surface area (Å²) < 4.78 is 1.17. The number of halogens is 1. The quantitative estimate of drug-likeness (QED) is 0.781. The predicted octanol–water partition coefficient (Wildman–Crippen LogP) is 4.86. The maximum Gasteiger partial charge on any atom is 0.0317 e. The fourth-order valence-corrected chi connectivity index (χ4v) is 3.30. The SMILES string of the molecule is CNC(Cc1cccc(Br)c1)/C1=C/CCCCCC1. The number of hydrogen-bond acceptors (Lipinski definition) is 1. The van der Waals surface area contributed by atoms with Crippen molar-refractivity contribution < 1.29 is 0 Å². The first-order valence-corrected chi connectivity index (χ1v) is 8.19. The Bertz CT molecular complexity index is 425. The highest BCUT2D eigenvalue weighted by molar-refractivity contribution is 9.10. The van der Waals surface area contributed by atoms with Gasteiger partial charge >= 0.3 is 0 Å². The van der Waals surface area contributed by atoms with Crippen molar-refractivity contribution in [1.82, 2.24) is 5.32 Å². The molecule has 1 aliphatic carbocycles. The first-order chi connectivity index (χ1) is 9.29. The molecule has 0 radical (unpaired) electrons. The third-order valence-corrected chi connectivity index (χ3v) is 4.44. The molecule has 1 aromatic rings. The standard InChI is InChI=1S/C17H24BrN/c1-19-17(13-14-8-7-11-16(18)12-14)15-9-5-3-2-4-6-10-15/h7-9,11-12,17,19H,2-6,10,13H2,1H3/b15-9+. The zero-order valence-electron chi connectivity index (χ0n) is 11.8. The predicted molar refractivity (Wildman–Crippen MR) is 86.5 cm³/mol. The fourth-order valence-electron chi connectivity index (χ4n) is 2.85. The van der Waals surface area contributed by atoms with Gasteiger partial charge < -0.3 is 5.32 Å². The van der Waals surface area contributed by atoms with E-state index in [9.17, 15) is 0 Å². The molecule has 0 spiro atoms. The topological polar surface area (TPSA) is 12.0 Å². The number of rotatable bonds is 4. The van der Waals surface area contributed by atoms with Crippen LogP contribution in [-0.4, -0.2) is 13.1 Å². The minimum atomic E-state index is 0.493.